The number of sulfonamides is 1. The van der Waals surface area contributed by atoms with Crippen molar-refractivity contribution in [2.24, 2.45) is 0 Å². The molecule has 0 saturated heterocycles. The summed E-state index contributed by atoms with van der Waals surface area (Å²) < 4.78 is 38.5. The highest BCUT2D eigenvalue weighted by molar-refractivity contribution is 7.89. The third-order valence-electron chi connectivity index (χ3n) is 3.84. The summed E-state index contributed by atoms with van der Waals surface area (Å²) in [7, 11) is -6.05. The molecule has 0 radical (unpaired) electrons. The largest absolute Gasteiger partial charge is 0.365 e. The van der Waals surface area contributed by atoms with E-state index in [4.69, 9.17) is 9.47 Å². The Morgan fingerprint density at radius 2 is 1.23 bits per heavy atom. The Labute approximate surface area is 161 Å². The maximum absolute atomic E-state index is 12.9. The standard InChI is InChI=1S/C18H35NO4SSi2/c1-25(2,3)14-12-22-16-19(17-23-13-15-26(4,5)6)24(20,21)18-10-8-7-9-11-18/h7-11H,12-17H2,1-6H3. The van der Waals surface area contributed by atoms with E-state index in [0.717, 1.165) is 12.1 Å². The predicted octanol–water partition coefficient (Wildman–Crippen LogP) is 4.30. The lowest BCUT2D eigenvalue weighted by atomic mass is 10.4. The van der Waals surface area contributed by atoms with Gasteiger partial charge >= 0.3 is 0 Å². The van der Waals surface area contributed by atoms with Crippen LogP contribution >= 0.6 is 0 Å². The van der Waals surface area contributed by atoms with Crippen molar-refractivity contribution in [1.82, 2.24) is 4.31 Å². The second kappa shape index (κ2) is 10.1. The van der Waals surface area contributed by atoms with E-state index in [1.807, 2.05) is 0 Å². The minimum Gasteiger partial charge on any atom is -0.365 e. The third-order valence-corrected chi connectivity index (χ3v) is 9.01. The number of benzene rings is 1. The summed E-state index contributed by atoms with van der Waals surface area (Å²) in [4.78, 5) is 0.266. The first-order chi connectivity index (χ1) is 11.9. The van der Waals surface area contributed by atoms with Gasteiger partial charge in [-0.3, -0.25) is 0 Å². The van der Waals surface area contributed by atoms with Gasteiger partial charge in [-0.15, -0.1) is 4.31 Å². The van der Waals surface area contributed by atoms with E-state index in [2.05, 4.69) is 39.3 Å². The predicted molar refractivity (Wildman–Crippen MR) is 113 cm³/mol. The average molecular weight is 418 g/mol. The van der Waals surface area contributed by atoms with Crippen molar-refractivity contribution in [1.29, 1.82) is 0 Å². The van der Waals surface area contributed by atoms with Gasteiger partial charge in [0.25, 0.3) is 0 Å². The Kier molecular flexibility index (Phi) is 9.18. The van der Waals surface area contributed by atoms with Gasteiger partial charge in [0.1, 0.15) is 13.5 Å². The van der Waals surface area contributed by atoms with E-state index in [1.165, 1.54) is 4.31 Å². The number of ether oxygens (including phenoxy) is 2. The molecule has 0 saturated carbocycles. The minimum atomic E-state index is -3.63. The van der Waals surface area contributed by atoms with Gasteiger partial charge in [-0.1, -0.05) is 57.5 Å². The Hall–Kier alpha value is -0.516. The molecule has 0 aliphatic heterocycles. The van der Waals surface area contributed by atoms with Crippen molar-refractivity contribution in [3.05, 3.63) is 30.3 Å². The smallest absolute Gasteiger partial charge is 0.246 e. The van der Waals surface area contributed by atoms with E-state index < -0.39 is 26.2 Å². The van der Waals surface area contributed by atoms with Crippen LogP contribution in [0.2, 0.25) is 51.4 Å². The molecule has 0 aromatic heterocycles. The maximum atomic E-state index is 12.9. The molecule has 5 nitrogen and oxygen atoms in total. The van der Waals surface area contributed by atoms with E-state index >= 15 is 0 Å². The van der Waals surface area contributed by atoms with Crippen LogP contribution in [0.3, 0.4) is 0 Å². The summed E-state index contributed by atoms with van der Waals surface area (Å²) >= 11 is 0. The molecule has 150 valence electrons. The van der Waals surface area contributed by atoms with Gasteiger partial charge in [0.2, 0.25) is 10.0 Å². The molecule has 0 aliphatic rings. The second-order valence-corrected chi connectivity index (χ2v) is 22.1. The van der Waals surface area contributed by atoms with Crippen LogP contribution in [-0.4, -0.2) is 55.5 Å². The molecule has 0 N–H and O–H groups in total. The van der Waals surface area contributed by atoms with Crippen molar-refractivity contribution in [3.63, 3.8) is 0 Å². The van der Waals surface area contributed by atoms with Gasteiger partial charge in [0.15, 0.2) is 0 Å². The summed E-state index contributed by atoms with van der Waals surface area (Å²) in [5, 5.41) is 0. The van der Waals surface area contributed by atoms with E-state index in [1.54, 1.807) is 30.3 Å². The van der Waals surface area contributed by atoms with Crippen molar-refractivity contribution in [2.45, 2.75) is 56.3 Å². The van der Waals surface area contributed by atoms with Crippen LogP contribution in [0.5, 0.6) is 0 Å². The Morgan fingerprint density at radius 3 is 1.62 bits per heavy atom. The summed E-state index contributed by atoms with van der Waals surface area (Å²) in [5.41, 5.74) is 0. The molecule has 8 heteroatoms. The first-order valence-electron chi connectivity index (χ1n) is 9.12. The fourth-order valence-electron chi connectivity index (χ4n) is 2.01. The van der Waals surface area contributed by atoms with Crippen LogP contribution in [0.1, 0.15) is 0 Å². The fraction of sp³-hybridized carbons (Fsp3) is 0.667. The van der Waals surface area contributed by atoms with Crippen molar-refractivity contribution >= 4 is 26.2 Å². The second-order valence-electron chi connectivity index (χ2n) is 8.97. The molecule has 26 heavy (non-hydrogen) atoms. The van der Waals surface area contributed by atoms with Crippen molar-refractivity contribution in [2.75, 3.05) is 26.7 Å². The molecular weight excluding hydrogens is 382 g/mol. The molecule has 1 aromatic carbocycles. The molecular formula is C18H35NO4SSi2. The highest BCUT2D eigenvalue weighted by Gasteiger charge is 2.25. The fourth-order valence-corrected chi connectivity index (χ4v) is 4.75. The van der Waals surface area contributed by atoms with Crippen molar-refractivity contribution in [3.8, 4) is 0 Å². The van der Waals surface area contributed by atoms with Crippen LogP contribution in [-0.2, 0) is 19.5 Å². The first kappa shape index (κ1) is 23.5. The highest BCUT2D eigenvalue weighted by Crippen LogP contribution is 2.16. The monoisotopic (exact) mass is 417 g/mol. The minimum absolute atomic E-state index is 0.0225. The zero-order valence-corrected chi connectivity index (χ0v) is 19.9. The lowest BCUT2D eigenvalue weighted by molar-refractivity contribution is 0.00816. The molecule has 0 spiro atoms. The molecule has 0 atom stereocenters. The van der Waals surface area contributed by atoms with Crippen LogP contribution in [0.25, 0.3) is 0 Å². The maximum Gasteiger partial charge on any atom is 0.246 e. The quantitative estimate of drug-likeness (QED) is 0.289. The lowest BCUT2D eigenvalue weighted by Crippen LogP contribution is -2.36. The number of rotatable bonds is 12. The van der Waals surface area contributed by atoms with Gasteiger partial charge in [0, 0.05) is 29.4 Å². The van der Waals surface area contributed by atoms with Crippen molar-refractivity contribution < 1.29 is 17.9 Å². The molecule has 0 aliphatic carbocycles. The molecule has 0 bridgehead atoms. The molecule has 1 rings (SSSR count). The van der Waals surface area contributed by atoms with Gasteiger partial charge in [-0.25, -0.2) is 8.42 Å². The van der Waals surface area contributed by atoms with Gasteiger partial charge in [-0.2, -0.15) is 0 Å². The Bertz CT molecular complexity index is 603. The summed E-state index contributed by atoms with van der Waals surface area (Å²) in [6, 6.07) is 10.5. The summed E-state index contributed by atoms with van der Waals surface area (Å²) in [6.45, 7) is 14.8. The highest BCUT2D eigenvalue weighted by atomic mass is 32.2. The molecule has 0 heterocycles. The zero-order chi connectivity index (χ0) is 19.8. The summed E-state index contributed by atoms with van der Waals surface area (Å²) in [6.07, 6.45) is 0. The van der Waals surface area contributed by atoms with E-state index in [0.29, 0.717) is 13.2 Å². The van der Waals surface area contributed by atoms with E-state index in [9.17, 15) is 8.42 Å². The van der Waals surface area contributed by atoms with E-state index in [-0.39, 0.29) is 18.4 Å². The van der Waals surface area contributed by atoms with Gasteiger partial charge in [0.05, 0.1) is 4.90 Å². The van der Waals surface area contributed by atoms with Crippen LogP contribution in [0.15, 0.2) is 35.2 Å². The topological polar surface area (TPSA) is 55.8 Å². The van der Waals surface area contributed by atoms with Crippen LogP contribution in [0.4, 0.5) is 0 Å². The Balaban J connectivity index is 2.71. The normalized spacial score (nSPS) is 13.3. The van der Waals surface area contributed by atoms with Gasteiger partial charge < -0.3 is 9.47 Å². The third kappa shape index (κ3) is 9.43. The molecule has 0 fully saturated rings. The SMILES string of the molecule is C[Si](C)(C)CCOCN(COCC[Si](C)(C)C)S(=O)(=O)c1ccccc1. The molecule has 0 unspecified atom stereocenters. The molecule has 1 aromatic rings. The average Bonchev–Trinajstić information content (AvgIpc) is 2.52. The van der Waals surface area contributed by atoms with Crippen LogP contribution < -0.4 is 0 Å². The number of nitrogens with zero attached hydrogens (tertiary/aromatic N) is 1. The lowest BCUT2D eigenvalue weighted by Gasteiger charge is -2.24. The first-order valence-corrected chi connectivity index (χ1v) is 18.0. The van der Waals surface area contributed by atoms with Gasteiger partial charge in [-0.05, 0) is 24.2 Å². The van der Waals surface area contributed by atoms with Crippen LogP contribution in [0, 0.1) is 0 Å². The molecule has 0 amide bonds. The number of hydrogen-bond acceptors (Lipinski definition) is 4. The summed E-state index contributed by atoms with van der Waals surface area (Å²) in [5.74, 6) is 0. The Morgan fingerprint density at radius 1 is 0.808 bits per heavy atom. The number of hydrogen-bond donors (Lipinski definition) is 0. The zero-order valence-electron chi connectivity index (χ0n) is 17.1.